The summed E-state index contributed by atoms with van der Waals surface area (Å²) in [7, 11) is 0. The lowest BCUT2D eigenvalue weighted by Gasteiger charge is -2.07. The maximum atomic E-state index is 2.27. The topological polar surface area (TPSA) is 0 Å². The van der Waals surface area contributed by atoms with Crippen molar-refractivity contribution in [2.75, 3.05) is 0 Å². The van der Waals surface area contributed by atoms with Crippen molar-refractivity contribution >= 4 is 0 Å². The summed E-state index contributed by atoms with van der Waals surface area (Å²) in [5.74, 6) is 0. The van der Waals surface area contributed by atoms with Crippen molar-refractivity contribution in [1.82, 2.24) is 0 Å². The first-order chi connectivity index (χ1) is 8.40. The molecule has 0 aromatic heterocycles. The van der Waals surface area contributed by atoms with Crippen molar-refractivity contribution < 1.29 is 0 Å². The molecule has 0 aliphatic carbocycles. The van der Waals surface area contributed by atoms with Gasteiger partial charge in [-0.3, -0.25) is 0 Å². The first-order valence-corrected chi connectivity index (χ1v) is 6.51. The van der Waals surface area contributed by atoms with E-state index in [1.54, 1.807) is 0 Å². The summed E-state index contributed by atoms with van der Waals surface area (Å²) in [5.41, 5.74) is 4.47. The molecule has 0 saturated carbocycles. The Bertz CT molecular complexity index is 443. The van der Waals surface area contributed by atoms with Crippen molar-refractivity contribution in [3.8, 4) is 0 Å². The Labute approximate surface area is 104 Å². The molecular formula is C17H20. The summed E-state index contributed by atoms with van der Waals surface area (Å²) >= 11 is 0. The third-order valence-electron chi connectivity index (χ3n) is 3.25. The van der Waals surface area contributed by atoms with Crippen molar-refractivity contribution in [3.05, 3.63) is 71.3 Å². The van der Waals surface area contributed by atoms with E-state index in [2.05, 4.69) is 61.5 Å². The average molecular weight is 224 g/mol. The van der Waals surface area contributed by atoms with Crippen molar-refractivity contribution in [1.29, 1.82) is 0 Å². The van der Waals surface area contributed by atoms with Crippen LogP contribution in [0.4, 0.5) is 0 Å². The summed E-state index contributed by atoms with van der Waals surface area (Å²) < 4.78 is 0. The zero-order chi connectivity index (χ0) is 11.9. The highest BCUT2D eigenvalue weighted by Gasteiger charge is 1.99. The molecule has 88 valence electrons. The lowest BCUT2D eigenvalue weighted by Crippen LogP contribution is -1.94. The Morgan fingerprint density at radius 3 is 2.06 bits per heavy atom. The minimum absolute atomic E-state index is 1.14. The smallest absolute Gasteiger partial charge is 0.0273 e. The Morgan fingerprint density at radius 2 is 1.35 bits per heavy atom. The van der Waals surface area contributed by atoms with Gasteiger partial charge in [0.25, 0.3) is 0 Å². The van der Waals surface area contributed by atoms with Crippen LogP contribution in [0.5, 0.6) is 0 Å². The summed E-state index contributed by atoms with van der Waals surface area (Å²) in [5, 5.41) is 0. The van der Waals surface area contributed by atoms with Crippen LogP contribution in [0.25, 0.3) is 0 Å². The van der Waals surface area contributed by atoms with Crippen LogP contribution in [-0.4, -0.2) is 0 Å². The fourth-order valence-electron chi connectivity index (χ4n) is 2.27. The molecule has 0 N–H and O–H groups in total. The van der Waals surface area contributed by atoms with E-state index in [9.17, 15) is 0 Å². The van der Waals surface area contributed by atoms with Crippen LogP contribution >= 0.6 is 0 Å². The third kappa shape index (κ3) is 3.45. The summed E-state index contributed by atoms with van der Waals surface area (Å²) in [6, 6.07) is 19.6. The zero-order valence-corrected chi connectivity index (χ0v) is 10.5. The number of hydrogen-bond donors (Lipinski definition) is 0. The van der Waals surface area contributed by atoms with Gasteiger partial charge in [-0.2, -0.15) is 0 Å². The van der Waals surface area contributed by atoms with Gasteiger partial charge in [-0.15, -0.1) is 0 Å². The number of benzene rings is 2. The normalized spacial score (nSPS) is 10.4. The van der Waals surface area contributed by atoms with Gasteiger partial charge in [0.05, 0.1) is 0 Å². The van der Waals surface area contributed by atoms with E-state index in [4.69, 9.17) is 0 Å². The van der Waals surface area contributed by atoms with E-state index in [-0.39, 0.29) is 0 Å². The summed E-state index contributed by atoms with van der Waals surface area (Å²) in [4.78, 5) is 0. The standard InChI is InChI=1S/C17H20/c1-2-16-12-6-7-13-17(16)14-8-11-15-9-4-3-5-10-15/h3-7,9-10,12-13H,2,8,11,14H2,1H3. The molecule has 17 heavy (non-hydrogen) atoms. The van der Waals surface area contributed by atoms with Crippen LogP contribution in [0.15, 0.2) is 54.6 Å². The maximum Gasteiger partial charge on any atom is -0.0273 e. The molecule has 0 spiro atoms. The minimum atomic E-state index is 1.14. The monoisotopic (exact) mass is 224 g/mol. The van der Waals surface area contributed by atoms with E-state index in [0.29, 0.717) is 0 Å². The van der Waals surface area contributed by atoms with Crippen molar-refractivity contribution in [2.24, 2.45) is 0 Å². The second-order valence-electron chi connectivity index (χ2n) is 4.46. The highest BCUT2D eigenvalue weighted by atomic mass is 14.0. The second-order valence-corrected chi connectivity index (χ2v) is 4.46. The molecule has 0 heterocycles. The van der Waals surface area contributed by atoms with E-state index in [0.717, 1.165) is 6.42 Å². The first kappa shape index (κ1) is 11.9. The van der Waals surface area contributed by atoms with Gasteiger partial charge in [0.1, 0.15) is 0 Å². The largest absolute Gasteiger partial charge is 0.0622 e. The molecule has 0 bridgehead atoms. The minimum Gasteiger partial charge on any atom is -0.0622 e. The predicted octanol–water partition coefficient (Wildman–Crippen LogP) is 4.42. The molecule has 0 nitrogen and oxygen atoms in total. The summed E-state index contributed by atoms with van der Waals surface area (Å²) in [6.45, 7) is 2.23. The van der Waals surface area contributed by atoms with Gasteiger partial charge >= 0.3 is 0 Å². The van der Waals surface area contributed by atoms with Crippen LogP contribution < -0.4 is 0 Å². The lowest BCUT2D eigenvalue weighted by atomic mass is 9.99. The van der Waals surface area contributed by atoms with Crippen LogP contribution in [0.1, 0.15) is 30.0 Å². The van der Waals surface area contributed by atoms with Crippen molar-refractivity contribution in [3.63, 3.8) is 0 Å². The molecule has 0 atom stereocenters. The molecule has 0 saturated heterocycles. The highest BCUT2D eigenvalue weighted by molar-refractivity contribution is 5.27. The van der Waals surface area contributed by atoms with Gasteiger partial charge in [-0.25, -0.2) is 0 Å². The molecule has 0 heteroatoms. The average Bonchev–Trinajstić information content (AvgIpc) is 2.40. The molecule has 2 rings (SSSR count). The second kappa shape index (κ2) is 6.24. The Hall–Kier alpha value is -1.56. The van der Waals surface area contributed by atoms with Gasteiger partial charge in [-0.1, -0.05) is 61.5 Å². The van der Waals surface area contributed by atoms with Crippen molar-refractivity contribution in [2.45, 2.75) is 32.6 Å². The Kier molecular flexibility index (Phi) is 4.37. The van der Waals surface area contributed by atoms with Crippen LogP contribution in [0, 0.1) is 0 Å². The van der Waals surface area contributed by atoms with Gasteiger partial charge in [0, 0.05) is 0 Å². The fraction of sp³-hybridized carbons (Fsp3) is 0.294. The van der Waals surface area contributed by atoms with Crippen LogP contribution in [0.3, 0.4) is 0 Å². The predicted molar refractivity (Wildman–Crippen MR) is 74.3 cm³/mol. The van der Waals surface area contributed by atoms with Gasteiger partial charge < -0.3 is 0 Å². The zero-order valence-electron chi connectivity index (χ0n) is 10.5. The van der Waals surface area contributed by atoms with E-state index in [1.165, 1.54) is 36.0 Å². The molecule has 0 radical (unpaired) electrons. The third-order valence-corrected chi connectivity index (χ3v) is 3.25. The lowest BCUT2D eigenvalue weighted by molar-refractivity contribution is 0.811. The fourth-order valence-corrected chi connectivity index (χ4v) is 2.27. The maximum absolute atomic E-state index is 2.27. The first-order valence-electron chi connectivity index (χ1n) is 6.51. The van der Waals surface area contributed by atoms with Crippen LogP contribution in [-0.2, 0) is 19.3 Å². The Balaban J connectivity index is 1.90. The molecule has 0 aliphatic rings. The number of hydrogen-bond acceptors (Lipinski definition) is 0. The molecule has 0 fully saturated rings. The van der Waals surface area contributed by atoms with E-state index < -0.39 is 0 Å². The van der Waals surface area contributed by atoms with Crippen LogP contribution in [0.2, 0.25) is 0 Å². The number of rotatable bonds is 5. The van der Waals surface area contributed by atoms with Gasteiger partial charge in [-0.05, 0) is 42.4 Å². The molecule has 2 aromatic carbocycles. The molecule has 0 aliphatic heterocycles. The quantitative estimate of drug-likeness (QED) is 0.705. The highest BCUT2D eigenvalue weighted by Crippen LogP contribution is 2.13. The Morgan fingerprint density at radius 1 is 0.706 bits per heavy atom. The molecule has 0 amide bonds. The molecule has 0 unspecified atom stereocenters. The molecule has 2 aromatic rings. The molecular weight excluding hydrogens is 204 g/mol. The number of aryl methyl sites for hydroxylation is 3. The van der Waals surface area contributed by atoms with Gasteiger partial charge in [0.2, 0.25) is 0 Å². The SMILES string of the molecule is CCc1ccccc1CCCc1ccccc1. The van der Waals surface area contributed by atoms with E-state index >= 15 is 0 Å². The van der Waals surface area contributed by atoms with E-state index in [1.807, 2.05) is 0 Å². The van der Waals surface area contributed by atoms with Gasteiger partial charge in [0.15, 0.2) is 0 Å². The summed E-state index contributed by atoms with van der Waals surface area (Å²) in [6.07, 6.45) is 4.75.